The summed E-state index contributed by atoms with van der Waals surface area (Å²) in [4.78, 5) is 17.2. The number of carbonyl (C=O) groups is 1. The highest BCUT2D eigenvalue weighted by Gasteiger charge is 2.30. The third kappa shape index (κ3) is 5.43. The van der Waals surface area contributed by atoms with E-state index in [1.54, 1.807) is 12.1 Å². The molecule has 0 saturated carbocycles. The summed E-state index contributed by atoms with van der Waals surface area (Å²) < 4.78 is 38.4. The highest BCUT2D eigenvalue weighted by molar-refractivity contribution is 5.85. The topological polar surface area (TPSA) is 65.5 Å². The van der Waals surface area contributed by atoms with Crippen LogP contribution in [0.4, 0.5) is 19.0 Å². The van der Waals surface area contributed by atoms with Crippen LogP contribution >= 0.6 is 0 Å². The summed E-state index contributed by atoms with van der Waals surface area (Å²) in [7, 11) is 0. The van der Waals surface area contributed by atoms with Gasteiger partial charge >= 0.3 is 12.1 Å². The average molecular weight is 381 g/mol. The van der Waals surface area contributed by atoms with Gasteiger partial charge in [-0.15, -0.1) is 0 Å². The van der Waals surface area contributed by atoms with E-state index in [1.807, 2.05) is 13.8 Å². The number of halogens is 3. The summed E-state index contributed by atoms with van der Waals surface area (Å²) in [5, 5.41) is 12.1. The van der Waals surface area contributed by atoms with Crippen molar-refractivity contribution >= 4 is 11.8 Å². The SMILES string of the molecule is CCN(CC)C(CNc1cccc(C(=O)O)n1)c1ccc(C(F)(F)F)cc1. The molecule has 1 aromatic carbocycles. The minimum Gasteiger partial charge on any atom is -0.477 e. The highest BCUT2D eigenvalue weighted by atomic mass is 19.4. The summed E-state index contributed by atoms with van der Waals surface area (Å²) in [5.74, 6) is -0.722. The molecule has 1 aromatic heterocycles. The number of rotatable bonds is 8. The smallest absolute Gasteiger partial charge is 0.416 e. The maximum absolute atomic E-state index is 12.8. The second kappa shape index (κ2) is 8.85. The number of carboxylic acid groups (broad SMARTS) is 1. The Morgan fingerprint density at radius 1 is 1.15 bits per heavy atom. The van der Waals surface area contributed by atoms with Gasteiger partial charge in [0.1, 0.15) is 5.82 Å². The number of likely N-dealkylation sites (N-methyl/N-ethyl adjacent to an activating group) is 1. The fourth-order valence-corrected chi connectivity index (χ4v) is 2.87. The van der Waals surface area contributed by atoms with E-state index >= 15 is 0 Å². The second-order valence-corrected chi connectivity index (χ2v) is 5.95. The molecule has 0 aliphatic carbocycles. The molecule has 27 heavy (non-hydrogen) atoms. The number of hydrogen-bond donors (Lipinski definition) is 2. The van der Waals surface area contributed by atoms with Crippen LogP contribution in [0.1, 0.15) is 41.5 Å². The van der Waals surface area contributed by atoms with Crippen molar-refractivity contribution in [3.05, 3.63) is 59.3 Å². The first-order chi connectivity index (χ1) is 12.8. The molecule has 0 aliphatic heterocycles. The van der Waals surface area contributed by atoms with Crippen LogP contribution in [0.5, 0.6) is 0 Å². The summed E-state index contributed by atoms with van der Waals surface area (Å²) in [6.07, 6.45) is -4.37. The average Bonchev–Trinajstić information content (AvgIpc) is 2.64. The van der Waals surface area contributed by atoms with E-state index in [9.17, 15) is 18.0 Å². The number of anilines is 1. The molecule has 0 saturated heterocycles. The van der Waals surface area contributed by atoms with Crippen LogP contribution in [-0.2, 0) is 6.18 Å². The summed E-state index contributed by atoms with van der Waals surface area (Å²) in [6, 6.07) is 9.57. The first-order valence-electron chi connectivity index (χ1n) is 8.61. The summed E-state index contributed by atoms with van der Waals surface area (Å²) in [5.41, 5.74) is -0.0177. The maximum atomic E-state index is 12.8. The Morgan fingerprint density at radius 3 is 2.30 bits per heavy atom. The Balaban J connectivity index is 2.22. The number of pyridine rings is 1. The van der Waals surface area contributed by atoms with Gasteiger partial charge in [0.25, 0.3) is 0 Å². The lowest BCUT2D eigenvalue weighted by atomic mass is 10.0. The van der Waals surface area contributed by atoms with Crippen LogP contribution in [0.25, 0.3) is 0 Å². The third-order valence-electron chi connectivity index (χ3n) is 4.32. The molecule has 2 rings (SSSR count). The maximum Gasteiger partial charge on any atom is 0.416 e. The molecule has 0 spiro atoms. The summed E-state index contributed by atoms with van der Waals surface area (Å²) in [6.45, 7) is 5.76. The zero-order valence-corrected chi connectivity index (χ0v) is 15.1. The number of nitrogens with one attached hydrogen (secondary N) is 1. The fraction of sp³-hybridized carbons (Fsp3) is 0.368. The van der Waals surface area contributed by atoms with E-state index in [1.165, 1.54) is 18.2 Å². The molecule has 146 valence electrons. The number of hydrogen-bond acceptors (Lipinski definition) is 4. The number of benzene rings is 1. The van der Waals surface area contributed by atoms with Crippen LogP contribution in [0.3, 0.4) is 0 Å². The zero-order valence-electron chi connectivity index (χ0n) is 15.1. The van der Waals surface area contributed by atoms with Gasteiger partial charge in [-0.2, -0.15) is 13.2 Å². The number of aromatic nitrogens is 1. The lowest BCUT2D eigenvalue weighted by Gasteiger charge is -2.30. The molecule has 0 fully saturated rings. The van der Waals surface area contributed by atoms with Gasteiger partial charge in [-0.25, -0.2) is 9.78 Å². The van der Waals surface area contributed by atoms with E-state index in [2.05, 4.69) is 15.2 Å². The van der Waals surface area contributed by atoms with Crippen molar-refractivity contribution in [3.63, 3.8) is 0 Å². The van der Waals surface area contributed by atoms with Crippen LogP contribution in [0.15, 0.2) is 42.5 Å². The minimum atomic E-state index is -4.37. The largest absolute Gasteiger partial charge is 0.477 e. The monoisotopic (exact) mass is 381 g/mol. The van der Waals surface area contributed by atoms with Gasteiger partial charge < -0.3 is 10.4 Å². The Kier molecular flexibility index (Phi) is 6.79. The number of aromatic carboxylic acids is 1. The standard InChI is InChI=1S/C19H22F3N3O2/c1-3-25(4-2)16(13-8-10-14(11-9-13)19(20,21)22)12-23-17-7-5-6-15(24-17)18(26)27/h5-11,16H,3-4,12H2,1-2H3,(H,23,24)(H,26,27). The van der Waals surface area contributed by atoms with Crippen LogP contribution in [0, 0.1) is 0 Å². The van der Waals surface area contributed by atoms with Crippen molar-refractivity contribution in [1.29, 1.82) is 0 Å². The van der Waals surface area contributed by atoms with Crippen molar-refractivity contribution in [2.24, 2.45) is 0 Å². The van der Waals surface area contributed by atoms with Crippen molar-refractivity contribution in [2.45, 2.75) is 26.1 Å². The first-order valence-corrected chi connectivity index (χ1v) is 8.61. The van der Waals surface area contributed by atoms with Crippen LogP contribution in [-0.4, -0.2) is 40.6 Å². The van der Waals surface area contributed by atoms with Crippen LogP contribution in [0.2, 0.25) is 0 Å². The van der Waals surface area contributed by atoms with Gasteiger partial charge in [-0.3, -0.25) is 4.90 Å². The first kappa shape index (κ1) is 20.7. The Hall–Kier alpha value is -2.61. The molecule has 1 unspecified atom stereocenters. The second-order valence-electron chi connectivity index (χ2n) is 5.95. The van der Waals surface area contributed by atoms with Gasteiger partial charge in [-0.1, -0.05) is 32.0 Å². The van der Waals surface area contributed by atoms with E-state index < -0.39 is 17.7 Å². The van der Waals surface area contributed by atoms with Gasteiger partial charge in [0.15, 0.2) is 5.69 Å². The number of alkyl halides is 3. The van der Waals surface area contributed by atoms with Crippen molar-refractivity contribution in [2.75, 3.05) is 25.0 Å². The molecule has 0 radical (unpaired) electrons. The molecular formula is C19H22F3N3O2. The number of carboxylic acids is 1. The molecule has 5 nitrogen and oxygen atoms in total. The predicted octanol–water partition coefficient (Wildman–Crippen LogP) is 4.29. The van der Waals surface area contributed by atoms with Gasteiger partial charge in [0, 0.05) is 6.54 Å². The molecule has 2 aromatic rings. The molecule has 2 N–H and O–H groups in total. The molecule has 0 aliphatic rings. The van der Waals surface area contributed by atoms with Gasteiger partial charge in [0.2, 0.25) is 0 Å². The highest BCUT2D eigenvalue weighted by Crippen LogP contribution is 2.31. The minimum absolute atomic E-state index is 0.0751. The Labute approximate surface area is 155 Å². The predicted molar refractivity (Wildman–Crippen MR) is 96.8 cm³/mol. The summed E-state index contributed by atoms with van der Waals surface area (Å²) >= 11 is 0. The Bertz CT molecular complexity index is 760. The molecule has 0 amide bonds. The van der Waals surface area contributed by atoms with E-state index in [0.29, 0.717) is 25.5 Å². The zero-order chi connectivity index (χ0) is 20.0. The lowest BCUT2D eigenvalue weighted by molar-refractivity contribution is -0.137. The fourth-order valence-electron chi connectivity index (χ4n) is 2.87. The van der Waals surface area contributed by atoms with Gasteiger partial charge in [0.05, 0.1) is 11.6 Å². The molecular weight excluding hydrogens is 359 g/mol. The number of nitrogens with zero attached hydrogens (tertiary/aromatic N) is 2. The third-order valence-corrected chi connectivity index (χ3v) is 4.32. The van der Waals surface area contributed by atoms with E-state index in [-0.39, 0.29) is 11.7 Å². The normalized spacial score (nSPS) is 12.8. The molecule has 0 bridgehead atoms. The lowest BCUT2D eigenvalue weighted by Crippen LogP contribution is -2.33. The van der Waals surface area contributed by atoms with Crippen molar-refractivity contribution in [1.82, 2.24) is 9.88 Å². The Morgan fingerprint density at radius 2 is 1.78 bits per heavy atom. The van der Waals surface area contributed by atoms with E-state index in [4.69, 9.17) is 5.11 Å². The molecule has 1 atom stereocenters. The van der Waals surface area contributed by atoms with Crippen LogP contribution < -0.4 is 5.32 Å². The van der Waals surface area contributed by atoms with Gasteiger partial charge in [-0.05, 0) is 42.9 Å². The van der Waals surface area contributed by atoms with Crippen molar-refractivity contribution < 1.29 is 23.1 Å². The van der Waals surface area contributed by atoms with Crippen molar-refractivity contribution in [3.8, 4) is 0 Å². The molecule has 8 heteroatoms. The van der Waals surface area contributed by atoms with E-state index in [0.717, 1.165) is 17.7 Å². The quantitative estimate of drug-likeness (QED) is 0.714. The molecule has 1 heterocycles.